The van der Waals surface area contributed by atoms with Gasteiger partial charge in [-0.15, -0.1) is 0 Å². The molecule has 98 valence electrons. The minimum atomic E-state index is -0.391. The van der Waals surface area contributed by atoms with Crippen molar-refractivity contribution in [3.05, 3.63) is 28.6 Å². The van der Waals surface area contributed by atoms with Crippen molar-refractivity contribution >= 4 is 43.4 Å². The molecular weight excluding hydrogens is 313 g/mol. The van der Waals surface area contributed by atoms with E-state index in [2.05, 4.69) is 20.9 Å². The smallest absolute Gasteiger partial charge is 0.202 e. The van der Waals surface area contributed by atoms with Crippen LogP contribution in [0.4, 0.5) is 10.1 Å². The molecular formula is C13H11BrFN3O. The molecule has 0 atom stereocenters. The van der Waals surface area contributed by atoms with Crippen LogP contribution in [-0.4, -0.2) is 14.7 Å². The third-order valence-electron chi connectivity index (χ3n) is 3.23. The first-order valence-electron chi connectivity index (χ1n) is 5.79. The summed E-state index contributed by atoms with van der Waals surface area (Å²) in [4.78, 5) is 4.38. The van der Waals surface area contributed by atoms with Crippen LogP contribution >= 0.6 is 15.9 Å². The third kappa shape index (κ3) is 1.59. The van der Waals surface area contributed by atoms with Gasteiger partial charge >= 0.3 is 0 Å². The van der Waals surface area contributed by atoms with E-state index < -0.39 is 5.82 Å². The molecule has 0 saturated heterocycles. The lowest BCUT2D eigenvalue weighted by molar-refractivity contribution is 0.427. The maximum absolute atomic E-state index is 13.5. The average molecular weight is 324 g/mol. The number of nitrogen functional groups attached to an aromatic ring is 1. The summed E-state index contributed by atoms with van der Waals surface area (Å²) in [5.41, 5.74) is 7.50. The van der Waals surface area contributed by atoms with E-state index in [0.29, 0.717) is 34.0 Å². The minimum absolute atomic E-state index is 0.0878. The number of hydrogen-bond acceptors (Lipinski definition) is 3. The Morgan fingerprint density at radius 3 is 2.89 bits per heavy atom. The Kier molecular flexibility index (Phi) is 2.63. The minimum Gasteiger partial charge on any atom is -0.494 e. The molecule has 0 aliphatic rings. The summed E-state index contributed by atoms with van der Waals surface area (Å²) in [6.45, 7) is 2.51. The highest BCUT2D eigenvalue weighted by Crippen LogP contribution is 2.38. The fourth-order valence-corrected chi connectivity index (χ4v) is 2.67. The van der Waals surface area contributed by atoms with Crippen LogP contribution in [0.3, 0.4) is 0 Å². The molecule has 0 aliphatic heterocycles. The average Bonchev–Trinajstić information content (AvgIpc) is 2.71. The van der Waals surface area contributed by atoms with E-state index in [1.54, 1.807) is 16.8 Å². The van der Waals surface area contributed by atoms with Gasteiger partial charge in [-0.25, -0.2) is 9.37 Å². The summed E-state index contributed by atoms with van der Waals surface area (Å²) < 4.78 is 15.5. The van der Waals surface area contributed by atoms with Crippen molar-refractivity contribution in [3.63, 3.8) is 0 Å². The van der Waals surface area contributed by atoms with E-state index in [1.807, 2.05) is 6.92 Å². The Morgan fingerprint density at radius 1 is 1.47 bits per heavy atom. The van der Waals surface area contributed by atoms with Gasteiger partial charge in [0.1, 0.15) is 5.82 Å². The van der Waals surface area contributed by atoms with Crippen LogP contribution in [0.5, 0.6) is 5.88 Å². The fraction of sp³-hybridized carbons (Fsp3) is 0.154. The van der Waals surface area contributed by atoms with Gasteiger partial charge in [-0.1, -0.05) is 0 Å². The lowest BCUT2D eigenvalue weighted by Gasteiger charge is -2.06. The van der Waals surface area contributed by atoms with Crippen molar-refractivity contribution in [2.75, 3.05) is 5.73 Å². The lowest BCUT2D eigenvalue weighted by atomic mass is 10.1. The molecule has 2 heterocycles. The first-order chi connectivity index (χ1) is 9.04. The molecule has 2 aromatic heterocycles. The number of benzene rings is 1. The molecule has 0 radical (unpaired) electrons. The zero-order chi connectivity index (χ0) is 13.7. The highest BCUT2D eigenvalue weighted by molar-refractivity contribution is 9.10. The van der Waals surface area contributed by atoms with Gasteiger partial charge in [-0.3, -0.25) is 0 Å². The number of halogens is 2. The fourth-order valence-electron chi connectivity index (χ4n) is 2.24. The number of hydrogen-bond donors (Lipinski definition) is 2. The van der Waals surface area contributed by atoms with Gasteiger partial charge in [0.25, 0.3) is 0 Å². The molecule has 0 aliphatic carbocycles. The summed E-state index contributed by atoms with van der Waals surface area (Å²) in [6.07, 6.45) is 1.71. The van der Waals surface area contributed by atoms with Gasteiger partial charge in [-0.2, -0.15) is 0 Å². The summed E-state index contributed by atoms with van der Waals surface area (Å²) >= 11 is 3.18. The van der Waals surface area contributed by atoms with E-state index in [1.165, 1.54) is 6.07 Å². The van der Waals surface area contributed by atoms with Crippen LogP contribution in [0.2, 0.25) is 0 Å². The molecule has 6 heteroatoms. The monoisotopic (exact) mass is 323 g/mol. The lowest BCUT2D eigenvalue weighted by Crippen LogP contribution is -1.93. The molecule has 0 saturated carbocycles. The number of fused-ring (bicyclic) bond motifs is 2. The van der Waals surface area contributed by atoms with Crippen LogP contribution in [-0.2, 0) is 6.54 Å². The summed E-state index contributed by atoms with van der Waals surface area (Å²) in [5.74, 6) is -0.303. The van der Waals surface area contributed by atoms with Crippen LogP contribution in [0.1, 0.15) is 6.92 Å². The van der Waals surface area contributed by atoms with E-state index in [9.17, 15) is 9.50 Å². The number of anilines is 1. The number of aromatic nitrogens is 2. The summed E-state index contributed by atoms with van der Waals surface area (Å²) in [7, 11) is 0. The first kappa shape index (κ1) is 12.2. The second-order valence-corrected chi connectivity index (χ2v) is 5.07. The van der Waals surface area contributed by atoms with Crippen LogP contribution in [0.25, 0.3) is 21.8 Å². The molecule has 0 spiro atoms. The number of nitrogens with two attached hydrogens (primary N) is 1. The number of rotatable bonds is 1. The maximum Gasteiger partial charge on any atom is 0.202 e. The van der Waals surface area contributed by atoms with Crippen molar-refractivity contribution < 1.29 is 9.50 Å². The number of aryl methyl sites for hydroxylation is 1. The molecule has 0 amide bonds. The summed E-state index contributed by atoms with van der Waals surface area (Å²) in [6, 6.07) is 2.89. The van der Waals surface area contributed by atoms with E-state index in [-0.39, 0.29) is 10.4 Å². The van der Waals surface area contributed by atoms with Gasteiger partial charge in [-0.05, 0) is 35.0 Å². The molecule has 3 aromatic rings. The molecule has 0 bridgehead atoms. The topological polar surface area (TPSA) is 64.1 Å². The molecule has 0 fully saturated rings. The SMILES string of the molecule is CCn1cc2nc3c(Br)c(F)ccc3c(N)c2c1O. The molecule has 3 rings (SSSR count). The van der Waals surface area contributed by atoms with Crippen LogP contribution < -0.4 is 5.73 Å². The van der Waals surface area contributed by atoms with Gasteiger partial charge in [0.2, 0.25) is 5.88 Å². The third-order valence-corrected chi connectivity index (χ3v) is 3.99. The van der Waals surface area contributed by atoms with Crippen molar-refractivity contribution in [1.82, 2.24) is 9.55 Å². The Balaban J connectivity index is 2.54. The Bertz CT molecular complexity index is 813. The predicted octanol–water partition coefficient (Wildman–Crippen LogP) is 3.40. The highest BCUT2D eigenvalue weighted by Gasteiger charge is 2.17. The molecule has 4 nitrogen and oxygen atoms in total. The van der Waals surface area contributed by atoms with Crippen LogP contribution in [0.15, 0.2) is 22.8 Å². The van der Waals surface area contributed by atoms with Crippen molar-refractivity contribution in [3.8, 4) is 5.88 Å². The van der Waals surface area contributed by atoms with E-state index in [4.69, 9.17) is 5.73 Å². The predicted molar refractivity (Wildman–Crippen MR) is 76.6 cm³/mol. The highest BCUT2D eigenvalue weighted by atomic mass is 79.9. The number of aromatic hydroxyl groups is 1. The maximum atomic E-state index is 13.5. The van der Waals surface area contributed by atoms with Crippen molar-refractivity contribution in [2.45, 2.75) is 13.5 Å². The molecule has 0 unspecified atom stereocenters. The number of nitrogens with zero attached hydrogens (tertiary/aromatic N) is 2. The first-order valence-corrected chi connectivity index (χ1v) is 6.58. The second kappa shape index (κ2) is 4.09. The zero-order valence-electron chi connectivity index (χ0n) is 10.1. The largest absolute Gasteiger partial charge is 0.494 e. The Morgan fingerprint density at radius 2 is 2.21 bits per heavy atom. The van der Waals surface area contributed by atoms with Crippen LogP contribution in [0, 0.1) is 5.82 Å². The van der Waals surface area contributed by atoms with Crippen molar-refractivity contribution in [1.29, 1.82) is 0 Å². The van der Waals surface area contributed by atoms with Gasteiger partial charge in [0, 0.05) is 18.1 Å². The zero-order valence-corrected chi connectivity index (χ0v) is 11.7. The van der Waals surface area contributed by atoms with Gasteiger partial charge in [0.15, 0.2) is 0 Å². The molecule has 3 N–H and O–H groups in total. The van der Waals surface area contributed by atoms with Gasteiger partial charge < -0.3 is 15.4 Å². The number of pyridine rings is 1. The van der Waals surface area contributed by atoms with E-state index >= 15 is 0 Å². The van der Waals surface area contributed by atoms with Crippen molar-refractivity contribution in [2.24, 2.45) is 0 Å². The van der Waals surface area contributed by atoms with E-state index in [0.717, 1.165) is 0 Å². The normalized spacial score (nSPS) is 11.5. The van der Waals surface area contributed by atoms with Gasteiger partial charge in [0.05, 0.1) is 26.6 Å². The quantitative estimate of drug-likeness (QED) is 0.721. The Hall–Kier alpha value is -1.82. The Labute approximate surface area is 116 Å². The second-order valence-electron chi connectivity index (χ2n) is 4.28. The standard InChI is InChI=1S/C13H11BrFN3O/c1-2-18-5-8-9(13(18)19)11(16)6-3-4-7(15)10(14)12(6)17-8/h3-5,19H,2,16H2,1H3. The molecule has 19 heavy (non-hydrogen) atoms. The summed E-state index contributed by atoms with van der Waals surface area (Å²) in [5, 5.41) is 11.2. The molecule has 1 aromatic carbocycles.